The Morgan fingerprint density at radius 3 is 2.89 bits per heavy atom. The van der Waals surface area contributed by atoms with E-state index in [1.807, 2.05) is 0 Å². The fraction of sp³-hybridized carbons (Fsp3) is 0.667. The van der Waals surface area contributed by atoms with Crippen LogP contribution in [-0.2, 0) is 4.79 Å². The van der Waals surface area contributed by atoms with Crippen molar-refractivity contribution in [3.63, 3.8) is 0 Å². The summed E-state index contributed by atoms with van der Waals surface area (Å²) in [6, 6.07) is 0. The molecule has 0 unspecified atom stereocenters. The Bertz CT molecular complexity index is 544. The summed E-state index contributed by atoms with van der Waals surface area (Å²) in [6.45, 7) is 2.62. The molecule has 1 aromatic rings. The molecular formula is C12H15N3O3S. The molecule has 2 aliphatic rings. The Hall–Kier alpha value is -1.50. The van der Waals surface area contributed by atoms with Gasteiger partial charge in [-0.25, -0.2) is 0 Å². The summed E-state index contributed by atoms with van der Waals surface area (Å²) in [5, 5.41) is 13.3. The highest BCUT2D eigenvalue weighted by Crippen LogP contribution is 2.49. The van der Waals surface area contributed by atoms with Gasteiger partial charge in [-0.15, -0.1) is 5.10 Å². The summed E-state index contributed by atoms with van der Waals surface area (Å²) in [5.41, 5.74) is -0.0989. The average Bonchev–Trinajstić information content (AvgIpc) is 3.00. The number of aromatic nitrogens is 2. The van der Waals surface area contributed by atoms with Crippen molar-refractivity contribution in [2.24, 2.45) is 11.3 Å². The monoisotopic (exact) mass is 281 g/mol. The predicted octanol–water partition coefficient (Wildman–Crippen LogP) is 1.17. The van der Waals surface area contributed by atoms with Crippen molar-refractivity contribution in [2.75, 3.05) is 13.1 Å². The minimum absolute atomic E-state index is 0.0927. The molecule has 1 aliphatic carbocycles. The van der Waals surface area contributed by atoms with E-state index >= 15 is 0 Å². The lowest BCUT2D eigenvalue weighted by molar-refractivity contribution is -0.149. The molecule has 1 aliphatic heterocycles. The van der Waals surface area contributed by atoms with Gasteiger partial charge in [0.25, 0.3) is 5.91 Å². The summed E-state index contributed by atoms with van der Waals surface area (Å²) in [6.07, 6.45) is 2.52. The normalized spacial score (nSPS) is 29.5. The second kappa shape index (κ2) is 4.26. The molecule has 1 saturated carbocycles. The molecule has 19 heavy (non-hydrogen) atoms. The highest BCUT2D eigenvalue weighted by Gasteiger charge is 2.56. The van der Waals surface area contributed by atoms with Crippen molar-refractivity contribution in [1.82, 2.24) is 14.5 Å². The van der Waals surface area contributed by atoms with Crippen LogP contribution in [0.15, 0.2) is 0 Å². The number of carboxylic acid groups (broad SMARTS) is 1. The van der Waals surface area contributed by atoms with E-state index in [9.17, 15) is 14.7 Å². The zero-order valence-electron chi connectivity index (χ0n) is 10.6. The third kappa shape index (κ3) is 1.75. The number of carboxylic acids is 1. The molecule has 0 aromatic carbocycles. The quantitative estimate of drug-likeness (QED) is 0.880. The number of aliphatic carboxylic acids is 1. The molecule has 1 amide bonds. The number of amides is 1. The van der Waals surface area contributed by atoms with Gasteiger partial charge in [-0.2, -0.15) is 0 Å². The van der Waals surface area contributed by atoms with Gasteiger partial charge in [-0.05, 0) is 37.2 Å². The fourth-order valence-electron chi connectivity index (χ4n) is 3.36. The fourth-order valence-corrected chi connectivity index (χ4v) is 3.99. The van der Waals surface area contributed by atoms with Crippen LogP contribution in [0.2, 0.25) is 0 Å². The van der Waals surface area contributed by atoms with Gasteiger partial charge in [0.05, 0.1) is 11.1 Å². The molecule has 2 fully saturated rings. The zero-order valence-corrected chi connectivity index (χ0v) is 11.4. The van der Waals surface area contributed by atoms with Crippen LogP contribution in [0.5, 0.6) is 0 Å². The van der Waals surface area contributed by atoms with Crippen LogP contribution in [0, 0.1) is 18.3 Å². The molecule has 2 atom stereocenters. The summed E-state index contributed by atoms with van der Waals surface area (Å²) in [7, 11) is 0. The van der Waals surface area contributed by atoms with Crippen LogP contribution in [0.4, 0.5) is 0 Å². The summed E-state index contributed by atoms with van der Waals surface area (Å²) < 4.78 is 3.77. The number of carbonyl (C=O) groups is 2. The van der Waals surface area contributed by atoms with E-state index < -0.39 is 11.4 Å². The number of hydrogen-bond donors (Lipinski definition) is 1. The van der Waals surface area contributed by atoms with Crippen molar-refractivity contribution in [2.45, 2.75) is 26.2 Å². The molecule has 1 N–H and O–H groups in total. The zero-order chi connectivity index (χ0) is 13.6. The smallest absolute Gasteiger partial charge is 0.311 e. The van der Waals surface area contributed by atoms with Crippen molar-refractivity contribution in [3.05, 3.63) is 10.6 Å². The lowest BCUT2D eigenvalue weighted by Gasteiger charge is -2.23. The maximum Gasteiger partial charge on any atom is 0.311 e. The van der Waals surface area contributed by atoms with Crippen molar-refractivity contribution in [3.8, 4) is 0 Å². The van der Waals surface area contributed by atoms with Crippen LogP contribution < -0.4 is 0 Å². The first-order valence-electron chi connectivity index (χ1n) is 6.36. The molecular weight excluding hydrogens is 266 g/mol. The Kier molecular flexibility index (Phi) is 2.81. The van der Waals surface area contributed by atoms with E-state index in [-0.39, 0.29) is 11.8 Å². The van der Waals surface area contributed by atoms with Crippen LogP contribution in [0.25, 0.3) is 0 Å². The van der Waals surface area contributed by atoms with Gasteiger partial charge < -0.3 is 10.0 Å². The number of aryl methyl sites for hydroxylation is 1. The lowest BCUT2D eigenvalue weighted by Crippen LogP contribution is -2.37. The van der Waals surface area contributed by atoms with Gasteiger partial charge in [-0.3, -0.25) is 9.59 Å². The second-order valence-corrected chi connectivity index (χ2v) is 6.18. The standard InChI is InChI=1S/C12H15N3O3S/c1-7-9(19-14-13-7)10(16)15-5-8-3-2-4-12(8,6-15)11(17)18/h8H,2-6H2,1H3,(H,17,18)/t8-,12+/m0/s1. The SMILES string of the molecule is Cc1nnsc1C(=O)N1C[C@@H]2CCC[C@@]2(C(=O)O)C1. The maximum absolute atomic E-state index is 12.4. The van der Waals surface area contributed by atoms with E-state index in [4.69, 9.17) is 0 Å². The first kappa shape index (κ1) is 12.5. The number of nitrogens with zero attached hydrogens (tertiary/aromatic N) is 3. The highest BCUT2D eigenvalue weighted by molar-refractivity contribution is 7.07. The number of carbonyl (C=O) groups excluding carboxylic acids is 1. The Morgan fingerprint density at radius 1 is 1.53 bits per heavy atom. The minimum Gasteiger partial charge on any atom is -0.481 e. The number of fused-ring (bicyclic) bond motifs is 1. The molecule has 0 spiro atoms. The molecule has 3 rings (SSSR count). The average molecular weight is 281 g/mol. The third-order valence-electron chi connectivity index (χ3n) is 4.43. The first-order valence-corrected chi connectivity index (χ1v) is 7.13. The minimum atomic E-state index is -0.760. The molecule has 1 saturated heterocycles. The molecule has 7 heteroatoms. The van der Waals surface area contributed by atoms with Crippen LogP contribution in [-0.4, -0.2) is 44.6 Å². The summed E-state index contributed by atoms with van der Waals surface area (Å²) in [4.78, 5) is 26.1. The molecule has 102 valence electrons. The molecule has 0 radical (unpaired) electrons. The molecule has 0 bridgehead atoms. The number of rotatable bonds is 2. The highest BCUT2D eigenvalue weighted by atomic mass is 32.1. The Balaban J connectivity index is 1.85. The third-order valence-corrected chi connectivity index (χ3v) is 5.25. The van der Waals surface area contributed by atoms with Gasteiger partial charge in [0.2, 0.25) is 0 Å². The Labute approximate surface area is 114 Å². The predicted molar refractivity (Wildman–Crippen MR) is 68.0 cm³/mol. The van der Waals surface area contributed by atoms with Crippen LogP contribution in [0.3, 0.4) is 0 Å². The number of likely N-dealkylation sites (tertiary alicyclic amines) is 1. The molecule has 6 nitrogen and oxygen atoms in total. The summed E-state index contributed by atoms with van der Waals surface area (Å²) in [5.74, 6) is -0.790. The van der Waals surface area contributed by atoms with Gasteiger partial charge in [0, 0.05) is 13.1 Å². The lowest BCUT2D eigenvalue weighted by atomic mass is 9.81. The van der Waals surface area contributed by atoms with Crippen molar-refractivity contribution < 1.29 is 14.7 Å². The van der Waals surface area contributed by atoms with Crippen molar-refractivity contribution in [1.29, 1.82) is 0 Å². The van der Waals surface area contributed by atoms with Crippen LogP contribution in [0.1, 0.15) is 34.6 Å². The van der Waals surface area contributed by atoms with E-state index in [2.05, 4.69) is 9.59 Å². The Morgan fingerprint density at radius 2 is 2.32 bits per heavy atom. The maximum atomic E-state index is 12.4. The first-order chi connectivity index (χ1) is 9.04. The van der Waals surface area contributed by atoms with E-state index in [0.29, 0.717) is 30.1 Å². The van der Waals surface area contributed by atoms with Gasteiger partial charge >= 0.3 is 5.97 Å². The topological polar surface area (TPSA) is 83.4 Å². The molecule has 2 heterocycles. The van der Waals surface area contributed by atoms with Gasteiger partial charge in [0.1, 0.15) is 4.88 Å². The largest absolute Gasteiger partial charge is 0.481 e. The summed E-state index contributed by atoms with van der Waals surface area (Å²) >= 11 is 1.08. The second-order valence-electron chi connectivity index (χ2n) is 5.42. The van der Waals surface area contributed by atoms with E-state index in [0.717, 1.165) is 24.4 Å². The molecule has 1 aromatic heterocycles. The van der Waals surface area contributed by atoms with E-state index in [1.165, 1.54) is 0 Å². The van der Waals surface area contributed by atoms with Gasteiger partial charge in [-0.1, -0.05) is 10.9 Å². The van der Waals surface area contributed by atoms with Crippen LogP contribution >= 0.6 is 11.5 Å². The van der Waals surface area contributed by atoms with Gasteiger partial charge in [0.15, 0.2) is 0 Å². The number of hydrogen-bond acceptors (Lipinski definition) is 5. The van der Waals surface area contributed by atoms with E-state index in [1.54, 1.807) is 11.8 Å². The van der Waals surface area contributed by atoms with Crippen molar-refractivity contribution >= 4 is 23.4 Å².